The molecule has 2 aromatic heterocycles. The minimum Gasteiger partial charge on any atom is -0.437 e. The van der Waals surface area contributed by atoms with Crippen LogP contribution in [0.2, 0.25) is 5.02 Å². The molecule has 114 valence electrons. The highest BCUT2D eigenvalue weighted by atomic mass is 35.5. The summed E-state index contributed by atoms with van der Waals surface area (Å²) in [6.07, 6.45) is 1.69. The van der Waals surface area contributed by atoms with Gasteiger partial charge in [0.15, 0.2) is 5.58 Å². The van der Waals surface area contributed by atoms with Gasteiger partial charge in [0.2, 0.25) is 5.88 Å². The summed E-state index contributed by atoms with van der Waals surface area (Å²) < 4.78 is 19.0. The third-order valence-corrected chi connectivity index (χ3v) is 3.88. The smallest absolute Gasteiger partial charge is 0.214 e. The van der Waals surface area contributed by atoms with E-state index in [0.717, 1.165) is 5.69 Å². The van der Waals surface area contributed by atoms with Crippen LogP contribution in [0.15, 0.2) is 28.8 Å². The van der Waals surface area contributed by atoms with E-state index in [-0.39, 0.29) is 16.8 Å². The zero-order chi connectivity index (χ0) is 16.0. The fourth-order valence-electron chi connectivity index (χ4n) is 2.46. The molecule has 4 N–H and O–H groups in total. The van der Waals surface area contributed by atoms with Gasteiger partial charge in [0, 0.05) is 11.8 Å². The number of furan rings is 1. The van der Waals surface area contributed by atoms with Crippen molar-refractivity contribution in [3.8, 4) is 11.1 Å². The van der Waals surface area contributed by atoms with Gasteiger partial charge in [-0.05, 0) is 23.6 Å². The highest BCUT2D eigenvalue weighted by Gasteiger charge is 2.20. The zero-order valence-electron chi connectivity index (χ0n) is 12.2. The third kappa shape index (κ3) is 2.18. The molecule has 0 atom stereocenters. The van der Waals surface area contributed by atoms with Crippen molar-refractivity contribution in [3.63, 3.8) is 0 Å². The average Bonchev–Trinajstić information content (AvgIpc) is 2.77. The molecule has 0 aliphatic carbocycles. The monoisotopic (exact) mass is 319 g/mol. The van der Waals surface area contributed by atoms with Crippen molar-refractivity contribution in [3.05, 3.63) is 40.9 Å². The van der Waals surface area contributed by atoms with Crippen molar-refractivity contribution in [1.29, 1.82) is 0 Å². The molecular weight excluding hydrogens is 305 g/mol. The van der Waals surface area contributed by atoms with Crippen LogP contribution in [0, 0.1) is 5.82 Å². The van der Waals surface area contributed by atoms with Crippen LogP contribution in [0.5, 0.6) is 0 Å². The summed E-state index contributed by atoms with van der Waals surface area (Å²) in [6, 6.07) is 4.46. The molecule has 2 heterocycles. The number of pyridine rings is 1. The lowest BCUT2D eigenvalue weighted by Crippen LogP contribution is -1.96. The molecule has 0 saturated carbocycles. The number of hydrogen-bond donors (Lipinski definition) is 2. The first-order valence-corrected chi connectivity index (χ1v) is 7.19. The molecule has 3 rings (SSSR count). The topological polar surface area (TPSA) is 78.1 Å². The molecule has 0 saturated heterocycles. The minimum atomic E-state index is -0.479. The zero-order valence-corrected chi connectivity index (χ0v) is 12.9. The molecule has 0 bridgehead atoms. The maximum absolute atomic E-state index is 13.4. The van der Waals surface area contributed by atoms with Crippen molar-refractivity contribution in [1.82, 2.24) is 4.98 Å². The number of fused-ring (bicyclic) bond motifs is 1. The third-order valence-electron chi connectivity index (χ3n) is 3.59. The Hall–Kier alpha value is -2.27. The van der Waals surface area contributed by atoms with Crippen LogP contribution in [-0.4, -0.2) is 4.98 Å². The van der Waals surface area contributed by atoms with Gasteiger partial charge in [-0.15, -0.1) is 0 Å². The summed E-state index contributed by atoms with van der Waals surface area (Å²) in [6.45, 7) is 4.01. The molecule has 0 unspecified atom stereocenters. The van der Waals surface area contributed by atoms with E-state index < -0.39 is 5.82 Å². The van der Waals surface area contributed by atoms with Gasteiger partial charge in [-0.3, -0.25) is 4.98 Å². The Balaban J connectivity index is 2.35. The SMILES string of the molecule is CC(C)c1ncc(-c2ccc(F)c(Cl)c2)c2c(N)c(N)oc12. The molecule has 0 aliphatic rings. The second-order valence-electron chi connectivity index (χ2n) is 5.42. The lowest BCUT2D eigenvalue weighted by molar-refractivity contribution is 0.624. The van der Waals surface area contributed by atoms with Crippen molar-refractivity contribution in [2.45, 2.75) is 19.8 Å². The Morgan fingerprint density at radius 1 is 1.27 bits per heavy atom. The highest BCUT2D eigenvalue weighted by Crippen LogP contribution is 2.41. The largest absolute Gasteiger partial charge is 0.437 e. The summed E-state index contributed by atoms with van der Waals surface area (Å²) in [5.41, 5.74) is 15.0. The van der Waals surface area contributed by atoms with E-state index in [2.05, 4.69) is 4.98 Å². The number of aromatic nitrogens is 1. The maximum atomic E-state index is 13.4. The van der Waals surface area contributed by atoms with E-state index in [1.165, 1.54) is 12.1 Å². The van der Waals surface area contributed by atoms with Crippen LogP contribution in [0.3, 0.4) is 0 Å². The average molecular weight is 320 g/mol. The number of benzene rings is 1. The van der Waals surface area contributed by atoms with Gasteiger partial charge in [0.05, 0.1) is 16.1 Å². The maximum Gasteiger partial charge on any atom is 0.214 e. The Morgan fingerprint density at radius 2 is 2.00 bits per heavy atom. The number of nitrogens with two attached hydrogens (primary N) is 2. The molecule has 3 aromatic rings. The standard InChI is InChI=1S/C16H15ClFN3O/c1-7(2)14-15-12(13(19)16(20)22-15)9(6-21-14)8-3-4-11(18)10(17)5-8/h3-7H,19-20H2,1-2H3. The number of hydrogen-bond acceptors (Lipinski definition) is 4. The van der Waals surface area contributed by atoms with Gasteiger partial charge in [-0.25, -0.2) is 4.39 Å². The predicted octanol–water partition coefficient (Wildman–Crippen LogP) is 4.58. The fraction of sp³-hybridized carbons (Fsp3) is 0.188. The van der Waals surface area contributed by atoms with Crippen LogP contribution in [0.4, 0.5) is 16.0 Å². The Morgan fingerprint density at radius 3 is 2.64 bits per heavy atom. The molecule has 22 heavy (non-hydrogen) atoms. The molecule has 6 heteroatoms. The van der Waals surface area contributed by atoms with Crippen LogP contribution in [0.25, 0.3) is 22.1 Å². The van der Waals surface area contributed by atoms with Crippen LogP contribution >= 0.6 is 11.6 Å². The number of nitrogens with zero attached hydrogens (tertiary/aromatic N) is 1. The molecule has 0 amide bonds. The number of nitrogen functional groups attached to an aromatic ring is 2. The first-order chi connectivity index (χ1) is 10.4. The van der Waals surface area contributed by atoms with Crippen molar-refractivity contribution < 1.29 is 8.81 Å². The Kier molecular flexibility index (Phi) is 3.45. The molecule has 0 radical (unpaired) electrons. The van der Waals surface area contributed by atoms with E-state index >= 15 is 0 Å². The van der Waals surface area contributed by atoms with E-state index in [0.29, 0.717) is 27.8 Å². The van der Waals surface area contributed by atoms with E-state index in [1.54, 1.807) is 12.3 Å². The first-order valence-electron chi connectivity index (χ1n) is 6.82. The first kappa shape index (κ1) is 14.7. The van der Waals surface area contributed by atoms with Crippen molar-refractivity contribution in [2.75, 3.05) is 11.5 Å². The molecule has 0 aliphatic heterocycles. The fourth-order valence-corrected chi connectivity index (χ4v) is 2.64. The number of rotatable bonds is 2. The Labute approximate surface area is 131 Å². The molecule has 0 spiro atoms. The van der Waals surface area contributed by atoms with Crippen molar-refractivity contribution >= 4 is 34.1 Å². The molecule has 4 nitrogen and oxygen atoms in total. The molecule has 0 fully saturated rings. The van der Waals surface area contributed by atoms with Gasteiger partial charge in [0.25, 0.3) is 0 Å². The second-order valence-corrected chi connectivity index (χ2v) is 5.83. The normalized spacial score (nSPS) is 11.5. The number of halogens is 2. The summed E-state index contributed by atoms with van der Waals surface area (Å²) in [5.74, 6) is -0.175. The van der Waals surface area contributed by atoms with Gasteiger partial charge >= 0.3 is 0 Å². The van der Waals surface area contributed by atoms with Crippen LogP contribution in [-0.2, 0) is 0 Å². The van der Waals surface area contributed by atoms with E-state index in [4.69, 9.17) is 27.5 Å². The lowest BCUT2D eigenvalue weighted by Gasteiger charge is -2.09. The molecular formula is C16H15ClFN3O. The Bertz CT molecular complexity index is 873. The summed E-state index contributed by atoms with van der Waals surface area (Å²) in [7, 11) is 0. The lowest BCUT2D eigenvalue weighted by atomic mass is 10.00. The summed E-state index contributed by atoms with van der Waals surface area (Å²) >= 11 is 5.87. The van der Waals surface area contributed by atoms with E-state index in [9.17, 15) is 4.39 Å². The summed E-state index contributed by atoms with van der Waals surface area (Å²) in [4.78, 5) is 4.45. The van der Waals surface area contributed by atoms with Crippen molar-refractivity contribution in [2.24, 2.45) is 0 Å². The van der Waals surface area contributed by atoms with Gasteiger partial charge in [-0.1, -0.05) is 31.5 Å². The quantitative estimate of drug-likeness (QED) is 0.725. The summed E-state index contributed by atoms with van der Waals surface area (Å²) in [5, 5.41) is 0.715. The second kappa shape index (κ2) is 5.18. The van der Waals surface area contributed by atoms with Gasteiger partial charge in [-0.2, -0.15) is 0 Å². The predicted molar refractivity (Wildman–Crippen MR) is 87.3 cm³/mol. The minimum absolute atomic E-state index is 0.0358. The van der Waals surface area contributed by atoms with Gasteiger partial charge < -0.3 is 15.9 Å². The number of anilines is 2. The van der Waals surface area contributed by atoms with Gasteiger partial charge in [0.1, 0.15) is 11.5 Å². The van der Waals surface area contributed by atoms with Crippen LogP contribution in [0.1, 0.15) is 25.5 Å². The van der Waals surface area contributed by atoms with E-state index in [1.807, 2.05) is 13.8 Å². The molecule has 1 aromatic carbocycles. The highest BCUT2D eigenvalue weighted by molar-refractivity contribution is 6.31. The van der Waals surface area contributed by atoms with Crippen LogP contribution < -0.4 is 11.5 Å².